The van der Waals surface area contributed by atoms with Crippen LogP contribution in [-0.2, 0) is 9.47 Å². The maximum Gasteiger partial charge on any atom is 0.407 e. The van der Waals surface area contributed by atoms with E-state index in [0.717, 1.165) is 31.8 Å². The maximum absolute atomic E-state index is 12.2. The Hall–Kier alpha value is -0.810. The first kappa shape index (κ1) is 18.5. The van der Waals surface area contributed by atoms with Crippen molar-refractivity contribution in [3.63, 3.8) is 0 Å². The van der Waals surface area contributed by atoms with Crippen molar-refractivity contribution in [1.29, 1.82) is 0 Å². The van der Waals surface area contributed by atoms with Gasteiger partial charge in [-0.05, 0) is 52.4 Å². The van der Waals surface area contributed by atoms with E-state index in [-0.39, 0.29) is 12.1 Å². The van der Waals surface area contributed by atoms with Gasteiger partial charge in [-0.3, -0.25) is 0 Å². The molecule has 2 aliphatic carbocycles. The molecular weight excluding hydrogens is 292 g/mol. The van der Waals surface area contributed by atoms with Crippen LogP contribution in [0.25, 0.3) is 0 Å². The molecule has 0 spiro atoms. The Bertz CT molecular complexity index is 377. The van der Waals surface area contributed by atoms with Crippen LogP contribution in [0.5, 0.6) is 0 Å². The zero-order chi connectivity index (χ0) is 16.9. The lowest BCUT2D eigenvalue weighted by Gasteiger charge is -2.32. The molecule has 2 rings (SSSR count). The van der Waals surface area contributed by atoms with Gasteiger partial charge in [0.1, 0.15) is 5.60 Å². The molecule has 23 heavy (non-hydrogen) atoms. The SMILES string of the molecule is COCC(NC1CCCCCC1NC(=O)OC(C)(C)C)C1CC1. The molecule has 2 fully saturated rings. The zero-order valence-corrected chi connectivity index (χ0v) is 15.2. The summed E-state index contributed by atoms with van der Waals surface area (Å²) in [7, 11) is 1.76. The van der Waals surface area contributed by atoms with Crippen molar-refractivity contribution in [3.05, 3.63) is 0 Å². The number of rotatable bonds is 6. The standard InChI is InChI=1S/C18H34N2O3/c1-18(2,3)23-17(21)20-15-9-7-5-6-8-14(15)19-16(12-22-4)13-10-11-13/h13-16,19H,5-12H2,1-4H3,(H,20,21). The van der Waals surface area contributed by atoms with Crippen molar-refractivity contribution >= 4 is 6.09 Å². The summed E-state index contributed by atoms with van der Waals surface area (Å²) >= 11 is 0. The van der Waals surface area contributed by atoms with Crippen molar-refractivity contribution in [2.24, 2.45) is 5.92 Å². The third-order valence-corrected chi connectivity index (χ3v) is 4.68. The molecule has 0 aliphatic heterocycles. The Morgan fingerprint density at radius 1 is 1.09 bits per heavy atom. The summed E-state index contributed by atoms with van der Waals surface area (Å²) in [5.74, 6) is 0.736. The monoisotopic (exact) mass is 326 g/mol. The topological polar surface area (TPSA) is 59.6 Å². The van der Waals surface area contributed by atoms with Crippen molar-refractivity contribution in [2.75, 3.05) is 13.7 Å². The number of hydrogen-bond acceptors (Lipinski definition) is 4. The molecule has 0 radical (unpaired) electrons. The first-order valence-electron chi connectivity index (χ1n) is 9.13. The van der Waals surface area contributed by atoms with Crippen LogP contribution >= 0.6 is 0 Å². The van der Waals surface area contributed by atoms with Gasteiger partial charge in [-0.2, -0.15) is 0 Å². The Balaban J connectivity index is 1.94. The van der Waals surface area contributed by atoms with E-state index in [1.807, 2.05) is 20.8 Å². The highest BCUT2D eigenvalue weighted by Gasteiger charge is 2.35. The van der Waals surface area contributed by atoms with Gasteiger partial charge in [0.15, 0.2) is 0 Å². The highest BCUT2D eigenvalue weighted by atomic mass is 16.6. The molecule has 5 nitrogen and oxygen atoms in total. The van der Waals surface area contributed by atoms with E-state index >= 15 is 0 Å². The van der Waals surface area contributed by atoms with Gasteiger partial charge in [0.25, 0.3) is 0 Å². The highest BCUT2D eigenvalue weighted by Crippen LogP contribution is 2.33. The maximum atomic E-state index is 12.2. The Morgan fingerprint density at radius 3 is 2.30 bits per heavy atom. The molecule has 3 atom stereocenters. The van der Waals surface area contributed by atoms with Gasteiger partial charge >= 0.3 is 6.09 Å². The molecule has 3 unspecified atom stereocenters. The van der Waals surface area contributed by atoms with Crippen molar-refractivity contribution in [1.82, 2.24) is 10.6 Å². The second kappa shape index (κ2) is 8.34. The van der Waals surface area contributed by atoms with Crippen molar-refractivity contribution in [3.8, 4) is 0 Å². The normalized spacial score (nSPS) is 27.1. The summed E-state index contributed by atoms with van der Waals surface area (Å²) in [6.45, 7) is 6.45. The van der Waals surface area contributed by atoms with Crippen LogP contribution in [-0.4, -0.2) is 43.5 Å². The van der Waals surface area contributed by atoms with Crippen LogP contribution in [0.15, 0.2) is 0 Å². The number of amides is 1. The first-order valence-corrected chi connectivity index (χ1v) is 9.13. The smallest absolute Gasteiger partial charge is 0.407 e. The average molecular weight is 326 g/mol. The Labute approximate surface area is 140 Å². The number of alkyl carbamates (subject to hydrolysis) is 1. The second-order valence-electron chi connectivity index (χ2n) is 8.06. The van der Waals surface area contributed by atoms with Crippen molar-refractivity contribution in [2.45, 2.75) is 89.4 Å². The summed E-state index contributed by atoms with van der Waals surface area (Å²) in [5.41, 5.74) is -0.454. The molecule has 2 N–H and O–H groups in total. The van der Waals surface area contributed by atoms with Gasteiger partial charge in [-0.15, -0.1) is 0 Å². The number of methoxy groups -OCH3 is 1. The predicted octanol–water partition coefficient (Wildman–Crippen LogP) is 3.23. The van der Waals surface area contributed by atoms with E-state index in [2.05, 4.69) is 10.6 Å². The highest BCUT2D eigenvalue weighted by molar-refractivity contribution is 5.68. The minimum Gasteiger partial charge on any atom is -0.444 e. The lowest BCUT2D eigenvalue weighted by Crippen LogP contribution is -2.54. The summed E-state index contributed by atoms with van der Waals surface area (Å²) in [6.07, 6.45) is 8.02. The lowest BCUT2D eigenvalue weighted by atomic mass is 10.0. The average Bonchev–Trinajstić information content (AvgIpc) is 3.25. The molecule has 5 heteroatoms. The zero-order valence-electron chi connectivity index (χ0n) is 15.2. The fraction of sp³-hybridized carbons (Fsp3) is 0.944. The number of nitrogens with one attached hydrogen (secondary N) is 2. The van der Waals surface area contributed by atoms with Gasteiger partial charge < -0.3 is 20.1 Å². The second-order valence-corrected chi connectivity index (χ2v) is 8.06. The molecule has 0 heterocycles. The third kappa shape index (κ3) is 6.68. The third-order valence-electron chi connectivity index (χ3n) is 4.68. The fourth-order valence-corrected chi connectivity index (χ4v) is 3.41. The molecule has 0 aromatic heterocycles. The Morgan fingerprint density at radius 2 is 1.74 bits per heavy atom. The van der Waals surface area contributed by atoms with Crippen LogP contribution in [0, 0.1) is 5.92 Å². The predicted molar refractivity (Wildman–Crippen MR) is 91.6 cm³/mol. The summed E-state index contributed by atoms with van der Waals surface area (Å²) in [4.78, 5) is 12.2. The van der Waals surface area contributed by atoms with E-state index in [1.54, 1.807) is 7.11 Å². The van der Waals surface area contributed by atoms with E-state index in [1.165, 1.54) is 25.7 Å². The number of carbonyl (C=O) groups is 1. The van der Waals surface area contributed by atoms with Crippen LogP contribution in [0.1, 0.15) is 65.7 Å². The minimum atomic E-state index is -0.454. The summed E-state index contributed by atoms with van der Waals surface area (Å²) in [6, 6.07) is 0.863. The molecule has 2 aliphatic rings. The van der Waals surface area contributed by atoms with Crippen LogP contribution in [0.4, 0.5) is 4.79 Å². The van der Waals surface area contributed by atoms with Crippen LogP contribution < -0.4 is 10.6 Å². The molecule has 0 aromatic carbocycles. The molecule has 0 aromatic rings. The first-order chi connectivity index (χ1) is 10.9. The van der Waals surface area contributed by atoms with Crippen LogP contribution in [0.2, 0.25) is 0 Å². The van der Waals surface area contributed by atoms with Gasteiger partial charge in [0, 0.05) is 25.2 Å². The Kier molecular flexibility index (Phi) is 6.72. The van der Waals surface area contributed by atoms with Gasteiger partial charge in [-0.1, -0.05) is 19.3 Å². The fourth-order valence-electron chi connectivity index (χ4n) is 3.41. The number of carbonyl (C=O) groups excluding carboxylic acids is 1. The molecular formula is C18H34N2O3. The molecule has 134 valence electrons. The van der Waals surface area contributed by atoms with E-state index in [9.17, 15) is 4.79 Å². The van der Waals surface area contributed by atoms with E-state index in [4.69, 9.17) is 9.47 Å². The summed E-state index contributed by atoms with van der Waals surface area (Å²) in [5, 5.41) is 6.89. The van der Waals surface area contributed by atoms with Crippen molar-refractivity contribution < 1.29 is 14.3 Å². The molecule has 0 saturated heterocycles. The molecule has 1 amide bonds. The molecule has 2 saturated carbocycles. The number of hydrogen-bond donors (Lipinski definition) is 2. The summed E-state index contributed by atoms with van der Waals surface area (Å²) < 4.78 is 10.8. The van der Waals surface area contributed by atoms with Gasteiger partial charge in [0.05, 0.1) is 6.61 Å². The molecule has 0 bridgehead atoms. The van der Waals surface area contributed by atoms with Crippen LogP contribution in [0.3, 0.4) is 0 Å². The van der Waals surface area contributed by atoms with Gasteiger partial charge in [-0.25, -0.2) is 4.79 Å². The number of ether oxygens (including phenoxy) is 2. The quantitative estimate of drug-likeness (QED) is 0.736. The van der Waals surface area contributed by atoms with Gasteiger partial charge in [0.2, 0.25) is 0 Å². The van der Waals surface area contributed by atoms with E-state index in [0.29, 0.717) is 12.1 Å². The minimum absolute atomic E-state index is 0.144. The lowest BCUT2D eigenvalue weighted by molar-refractivity contribution is 0.0484. The van der Waals surface area contributed by atoms with E-state index < -0.39 is 5.60 Å². The largest absolute Gasteiger partial charge is 0.444 e.